The number of hydrogen-bond donors (Lipinski definition) is 2. The second kappa shape index (κ2) is 10.3. The molecule has 7 heteroatoms. The maximum Gasteiger partial charge on any atom is 0.329 e. The summed E-state index contributed by atoms with van der Waals surface area (Å²) >= 11 is 0. The molecule has 0 unspecified atom stereocenters. The molecular weight excluding hydrogens is 384 g/mol. The molecule has 2 rings (SSSR count). The molecule has 30 heavy (non-hydrogen) atoms. The molecule has 2 aromatic carbocycles. The van der Waals surface area contributed by atoms with Gasteiger partial charge >= 0.3 is 5.97 Å². The van der Waals surface area contributed by atoms with Crippen LogP contribution in [0.3, 0.4) is 0 Å². The van der Waals surface area contributed by atoms with Crippen LogP contribution in [0.4, 0.5) is 5.69 Å². The summed E-state index contributed by atoms with van der Waals surface area (Å²) in [4.78, 5) is 48.3. The zero-order valence-corrected chi connectivity index (χ0v) is 17.5. The first kappa shape index (κ1) is 22.8. The third kappa shape index (κ3) is 6.27. The van der Waals surface area contributed by atoms with Crippen molar-refractivity contribution in [1.82, 2.24) is 5.32 Å². The lowest BCUT2D eigenvalue weighted by Gasteiger charge is -2.21. The van der Waals surface area contributed by atoms with Crippen LogP contribution >= 0.6 is 0 Å². The molecule has 0 aliphatic rings. The molecule has 2 amide bonds. The molecule has 0 bridgehead atoms. The molecule has 158 valence electrons. The van der Waals surface area contributed by atoms with Crippen LogP contribution in [-0.2, 0) is 14.3 Å². The number of ether oxygens (including phenoxy) is 1. The van der Waals surface area contributed by atoms with E-state index >= 15 is 0 Å². The number of ketones is 1. The first-order valence-electron chi connectivity index (χ1n) is 9.63. The average Bonchev–Trinajstić information content (AvgIpc) is 2.70. The van der Waals surface area contributed by atoms with Crippen molar-refractivity contribution in [2.24, 2.45) is 5.92 Å². The van der Waals surface area contributed by atoms with Crippen LogP contribution in [0.5, 0.6) is 0 Å². The predicted molar refractivity (Wildman–Crippen MR) is 113 cm³/mol. The van der Waals surface area contributed by atoms with Gasteiger partial charge in [-0.1, -0.05) is 32.0 Å². The summed E-state index contributed by atoms with van der Waals surface area (Å²) in [5.74, 6) is -1.89. The number of esters is 1. The maximum atomic E-state index is 12.5. The number of carbonyl (C=O) groups is 4. The summed E-state index contributed by atoms with van der Waals surface area (Å²) < 4.78 is 5.11. The first-order valence-corrected chi connectivity index (χ1v) is 9.63. The third-order valence-corrected chi connectivity index (χ3v) is 4.52. The molecule has 0 saturated heterocycles. The lowest BCUT2D eigenvalue weighted by Crippen LogP contribution is -2.46. The second-order valence-electron chi connectivity index (χ2n) is 7.30. The highest BCUT2D eigenvalue weighted by Gasteiger charge is 2.27. The van der Waals surface area contributed by atoms with Crippen LogP contribution in [0.15, 0.2) is 48.5 Å². The lowest BCUT2D eigenvalue weighted by atomic mass is 10.0. The minimum atomic E-state index is -0.889. The minimum Gasteiger partial charge on any atom is -0.454 e. The van der Waals surface area contributed by atoms with Crippen molar-refractivity contribution in [3.8, 4) is 0 Å². The van der Waals surface area contributed by atoms with E-state index in [2.05, 4.69) is 10.6 Å². The topological polar surface area (TPSA) is 102 Å². The van der Waals surface area contributed by atoms with Crippen molar-refractivity contribution in [3.05, 3.63) is 65.2 Å². The Balaban J connectivity index is 1.93. The van der Waals surface area contributed by atoms with Crippen molar-refractivity contribution >= 4 is 29.3 Å². The van der Waals surface area contributed by atoms with E-state index in [-0.39, 0.29) is 17.6 Å². The first-order chi connectivity index (χ1) is 14.2. The molecule has 2 N–H and O–H groups in total. The Morgan fingerprint density at radius 3 is 2.17 bits per heavy atom. The van der Waals surface area contributed by atoms with Crippen LogP contribution < -0.4 is 10.6 Å². The number of nitrogens with one attached hydrogen (secondary N) is 2. The normalized spacial score (nSPS) is 11.5. The molecule has 0 aliphatic heterocycles. The Bertz CT molecular complexity index is 935. The Kier molecular flexibility index (Phi) is 7.86. The summed E-state index contributed by atoms with van der Waals surface area (Å²) in [6, 6.07) is 12.6. The largest absolute Gasteiger partial charge is 0.454 e. The second-order valence-corrected chi connectivity index (χ2v) is 7.30. The molecule has 0 fully saturated rings. The minimum absolute atomic E-state index is 0.0747. The summed E-state index contributed by atoms with van der Waals surface area (Å²) in [7, 11) is 0. The summed E-state index contributed by atoms with van der Waals surface area (Å²) in [6.45, 7) is 6.33. The van der Waals surface area contributed by atoms with Gasteiger partial charge < -0.3 is 15.4 Å². The van der Waals surface area contributed by atoms with Crippen LogP contribution in [0, 0.1) is 12.8 Å². The average molecular weight is 410 g/mol. The van der Waals surface area contributed by atoms with Gasteiger partial charge in [0.25, 0.3) is 11.8 Å². The standard InChI is InChI=1S/C23H26N2O5/c1-14(2)21(25-22(28)19-8-6-5-7-15(19)3)23(29)30-13-20(27)24-18-11-9-17(10-12-18)16(4)26/h5-12,14,21H,13H2,1-4H3,(H,24,27)(H,25,28)/t21-/m0/s1. The molecule has 7 nitrogen and oxygen atoms in total. The third-order valence-electron chi connectivity index (χ3n) is 4.52. The van der Waals surface area contributed by atoms with Crippen molar-refractivity contribution in [3.63, 3.8) is 0 Å². The fourth-order valence-electron chi connectivity index (χ4n) is 2.76. The monoisotopic (exact) mass is 410 g/mol. The quantitative estimate of drug-likeness (QED) is 0.514. The van der Waals surface area contributed by atoms with Gasteiger partial charge in [-0.25, -0.2) is 4.79 Å². The molecule has 0 heterocycles. The zero-order chi connectivity index (χ0) is 22.3. The highest BCUT2D eigenvalue weighted by Crippen LogP contribution is 2.12. The maximum absolute atomic E-state index is 12.5. The van der Waals surface area contributed by atoms with E-state index in [0.717, 1.165) is 5.56 Å². The molecule has 0 saturated carbocycles. The molecule has 1 atom stereocenters. The van der Waals surface area contributed by atoms with Gasteiger partial charge in [0.2, 0.25) is 0 Å². The van der Waals surface area contributed by atoms with Crippen molar-refractivity contribution < 1.29 is 23.9 Å². The number of aryl methyl sites for hydroxylation is 1. The molecule has 2 aromatic rings. The van der Waals surface area contributed by atoms with Crippen LogP contribution in [0.1, 0.15) is 47.1 Å². The van der Waals surface area contributed by atoms with Gasteiger partial charge in [-0.2, -0.15) is 0 Å². The molecular formula is C23H26N2O5. The number of amides is 2. The van der Waals surface area contributed by atoms with E-state index in [1.54, 1.807) is 50.2 Å². The van der Waals surface area contributed by atoms with Crippen molar-refractivity contribution in [2.45, 2.75) is 33.7 Å². The van der Waals surface area contributed by atoms with Crippen molar-refractivity contribution in [2.75, 3.05) is 11.9 Å². The van der Waals surface area contributed by atoms with Gasteiger partial charge in [0.15, 0.2) is 12.4 Å². The molecule has 0 aromatic heterocycles. The zero-order valence-electron chi connectivity index (χ0n) is 17.5. The van der Waals surface area contributed by atoms with Crippen LogP contribution in [0.2, 0.25) is 0 Å². The fraction of sp³-hybridized carbons (Fsp3) is 0.304. The Morgan fingerprint density at radius 2 is 1.60 bits per heavy atom. The number of carbonyl (C=O) groups excluding carboxylic acids is 4. The van der Waals surface area contributed by atoms with E-state index in [1.165, 1.54) is 6.92 Å². The van der Waals surface area contributed by atoms with Gasteiger partial charge in [0, 0.05) is 16.8 Å². The van der Waals surface area contributed by atoms with Gasteiger partial charge in [0.1, 0.15) is 6.04 Å². The Labute approximate surface area is 175 Å². The highest BCUT2D eigenvalue weighted by atomic mass is 16.5. The highest BCUT2D eigenvalue weighted by molar-refractivity contribution is 5.99. The predicted octanol–water partition coefficient (Wildman–Crippen LogP) is 3.13. The fourth-order valence-corrected chi connectivity index (χ4v) is 2.76. The summed E-state index contributed by atoms with van der Waals surface area (Å²) in [6.07, 6.45) is 0. The number of hydrogen-bond acceptors (Lipinski definition) is 5. The van der Waals surface area contributed by atoms with Crippen LogP contribution in [0.25, 0.3) is 0 Å². The molecule has 0 radical (unpaired) electrons. The number of rotatable bonds is 8. The number of Topliss-reactive ketones (excluding diaryl/α,β-unsaturated/α-hetero) is 1. The van der Waals surface area contributed by atoms with Gasteiger partial charge in [-0.15, -0.1) is 0 Å². The molecule has 0 aliphatic carbocycles. The van der Waals surface area contributed by atoms with E-state index < -0.39 is 24.5 Å². The van der Waals surface area contributed by atoms with E-state index in [1.807, 2.05) is 19.1 Å². The Hall–Kier alpha value is -3.48. The van der Waals surface area contributed by atoms with Crippen molar-refractivity contribution in [1.29, 1.82) is 0 Å². The van der Waals surface area contributed by atoms with Gasteiger partial charge in [-0.3, -0.25) is 14.4 Å². The van der Waals surface area contributed by atoms with Gasteiger partial charge in [-0.05, 0) is 55.7 Å². The Morgan fingerprint density at radius 1 is 0.967 bits per heavy atom. The lowest BCUT2D eigenvalue weighted by molar-refractivity contribution is -0.150. The van der Waals surface area contributed by atoms with E-state index in [9.17, 15) is 19.2 Å². The summed E-state index contributed by atoms with van der Waals surface area (Å²) in [5.41, 5.74) is 2.28. The number of benzene rings is 2. The smallest absolute Gasteiger partial charge is 0.329 e. The summed E-state index contributed by atoms with van der Waals surface area (Å²) in [5, 5.41) is 5.28. The van der Waals surface area contributed by atoms with E-state index in [4.69, 9.17) is 4.74 Å². The van der Waals surface area contributed by atoms with E-state index in [0.29, 0.717) is 16.8 Å². The van der Waals surface area contributed by atoms with Crippen LogP contribution in [-0.4, -0.2) is 36.2 Å². The molecule has 0 spiro atoms. The number of anilines is 1. The SMILES string of the molecule is CC(=O)c1ccc(NC(=O)COC(=O)[C@@H](NC(=O)c2ccccc2C)C(C)C)cc1. The van der Waals surface area contributed by atoms with Gasteiger partial charge in [0.05, 0.1) is 0 Å².